The molecule has 0 unspecified atom stereocenters. The van der Waals surface area contributed by atoms with Crippen molar-refractivity contribution in [2.75, 3.05) is 5.32 Å². The van der Waals surface area contributed by atoms with E-state index in [2.05, 4.69) is 20.6 Å². The van der Waals surface area contributed by atoms with Crippen LogP contribution in [0.2, 0.25) is 0 Å². The van der Waals surface area contributed by atoms with Crippen LogP contribution in [0.25, 0.3) is 15.9 Å². The van der Waals surface area contributed by atoms with E-state index in [0.29, 0.717) is 6.04 Å². The summed E-state index contributed by atoms with van der Waals surface area (Å²) in [4.78, 5) is 4.89. The van der Waals surface area contributed by atoms with E-state index in [4.69, 9.17) is 0 Å². The highest BCUT2D eigenvalue weighted by Gasteiger charge is 2.28. The Labute approximate surface area is 172 Å². The first-order valence-corrected chi connectivity index (χ1v) is 12.2. The molecule has 3 aromatic heterocycles. The molecule has 1 aromatic carbocycles. The largest absolute Gasteiger partial charge is 0.366 e. The zero-order valence-corrected chi connectivity index (χ0v) is 17.6. The Hall–Kier alpha value is -2.52. The Morgan fingerprint density at radius 3 is 2.66 bits per heavy atom. The maximum absolute atomic E-state index is 13.3. The van der Waals surface area contributed by atoms with Gasteiger partial charge in [0.15, 0.2) is 5.65 Å². The van der Waals surface area contributed by atoms with Crippen LogP contribution in [0.1, 0.15) is 38.2 Å². The molecule has 1 fully saturated rings. The lowest BCUT2D eigenvalue weighted by Crippen LogP contribution is -2.16. The third-order valence-corrected chi connectivity index (χ3v) is 8.09. The average molecular weight is 428 g/mol. The standard InChI is InChI=1S/C20H21N5O2S2/c1-2-13-7-9-15(10-8-13)29(26,27)20-19-22-18(21-14-5-3-4-6-14)17-16(11-12-28-17)25(19)24-23-20/h7-12,14H,2-6H2,1H3,(H,21,22). The van der Waals surface area contributed by atoms with Crippen molar-refractivity contribution in [3.05, 3.63) is 41.3 Å². The molecule has 29 heavy (non-hydrogen) atoms. The number of aryl methyl sites for hydroxylation is 1. The fraction of sp³-hybridized carbons (Fsp3) is 0.350. The molecule has 0 radical (unpaired) electrons. The molecule has 150 valence electrons. The minimum absolute atomic E-state index is 0.107. The number of thiophene rings is 1. The van der Waals surface area contributed by atoms with Crippen LogP contribution in [-0.2, 0) is 16.3 Å². The number of benzene rings is 1. The number of hydrogen-bond donors (Lipinski definition) is 1. The summed E-state index contributed by atoms with van der Waals surface area (Å²) < 4.78 is 29.0. The van der Waals surface area contributed by atoms with Gasteiger partial charge in [0.2, 0.25) is 14.9 Å². The van der Waals surface area contributed by atoms with Crippen LogP contribution < -0.4 is 5.32 Å². The molecule has 9 heteroatoms. The van der Waals surface area contributed by atoms with Crippen LogP contribution in [0, 0.1) is 0 Å². The molecule has 4 aromatic rings. The summed E-state index contributed by atoms with van der Waals surface area (Å²) in [6.45, 7) is 2.03. The van der Waals surface area contributed by atoms with E-state index in [1.807, 2.05) is 30.5 Å². The lowest BCUT2D eigenvalue weighted by Gasteiger charge is -2.13. The van der Waals surface area contributed by atoms with E-state index in [0.717, 1.165) is 40.9 Å². The topological polar surface area (TPSA) is 89.2 Å². The van der Waals surface area contributed by atoms with Gasteiger partial charge in [0.25, 0.3) is 0 Å². The maximum Gasteiger partial charge on any atom is 0.229 e. The second-order valence-corrected chi connectivity index (χ2v) is 10.1. The molecular weight excluding hydrogens is 406 g/mol. The second kappa shape index (κ2) is 7.07. The Morgan fingerprint density at radius 2 is 1.93 bits per heavy atom. The summed E-state index contributed by atoms with van der Waals surface area (Å²) in [6, 6.07) is 9.20. The first kappa shape index (κ1) is 18.5. The molecule has 1 saturated carbocycles. The maximum atomic E-state index is 13.3. The van der Waals surface area contributed by atoms with Gasteiger partial charge in [-0.15, -0.1) is 16.4 Å². The lowest BCUT2D eigenvalue weighted by molar-refractivity contribution is 0.592. The molecule has 5 rings (SSSR count). The Balaban J connectivity index is 1.66. The fourth-order valence-electron chi connectivity index (χ4n) is 3.87. The summed E-state index contributed by atoms with van der Waals surface area (Å²) in [5.41, 5.74) is 2.16. The van der Waals surface area contributed by atoms with Crippen molar-refractivity contribution in [3.63, 3.8) is 0 Å². The first-order chi connectivity index (χ1) is 14.1. The van der Waals surface area contributed by atoms with Crippen molar-refractivity contribution in [1.82, 2.24) is 19.8 Å². The fourth-order valence-corrected chi connectivity index (χ4v) is 5.93. The predicted octanol–water partition coefficient (Wildman–Crippen LogP) is 4.09. The average Bonchev–Trinajstić information content (AvgIpc) is 3.48. The summed E-state index contributed by atoms with van der Waals surface area (Å²) in [7, 11) is -3.82. The first-order valence-electron chi connectivity index (χ1n) is 9.81. The van der Waals surface area contributed by atoms with Gasteiger partial charge >= 0.3 is 0 Å². The molecule has 0 bridgehead atoms. The van der Waals surface area contributed by atoms with Crippen molar-refractivity contribution in [2.45, 2.75) is 55.0 Å². The van der Waals surface area contributed by atoms with E-state index in [9.17, 15) is 8.42 Å². The van der Waals surface area contributed by atoms with Gasteiger partial charge in [0, 0.05) is 6.04 Å². The normalized spacial score (nSPS) is 15.5. The monoisotopic (exact) mass is 427 g/mol. The van der Waals surface area contributed by atoms with E-state index in [1.54, 1.807) is 23.5 Å². The summed E-state index contributed by atoms with van der Waals surface area (Å²) in [6.07, 6.45) is 5.46. The Morgan fingerprint density at radius 1 is 1.17 bits per heavy atom. The number of aromatic nitrogens is 4. The molecule has 0 amide bonds. The van der Waals surface area contributed by atoms with E-state index < -0.39 is 9.84 Å². The highest BCUT2D eigenvalue weighted by molar-refractivity contribution is 7.91. The second-order valence-electron chi connectivity index (χ2n) is 7.35. The molecule has 1 aliphatic carbocycles. The number of nitrogens with zero attached hydrogens (tertiary/aromatic N) is 4. The van der Waals surface area contributed by atoms with Crippen LogP contribution in [0.15, 0.2) is 45.6 Å². The van der Waals surface area contributed by atoms with Crippen LogP contribution in [-0.4, -0.2) is 34.3 Å². The highest BCUT2D eigenvalue weighted by Crippen LogP contribution is 2.33. The molecule has 0 atom stereocenters. The zero-order chi connectivity index (χ0) is 20.0. The van der Waals surface area contributed by atoms with Crippen molar-refractivity contribution in [2.24, 2.45) is 0 Å². The van der Waals surface area contributed by atoms with Gasteiger partial charge in [-0.1, -0.05) is 37.1 Å². The molecule has 0 aliphatic heterocycles. The van der Waals surface area contributed by atoms with E-state index >= 15 is 0 Å². The van der Waals surface area contributed by atoms with Crippen molar-refractivity contribution < 1.29 is 8.42 Å². The number of anilines is 1. The number of rotatable bonds is 5. The molecule has 3 heterocycles. The van der Waals surface area contributed by atoms with Crippen LogP contribution in [0.5, 0.6) is 0 Å². The summed E-state index contributed by atoms with van der Waals surface area (Å²) in [5, 5.41) is 13.5. The molecule has 1 N–H and O–H groups in total. The van der Waals surface area contributed by atoms with Gasteiger partial charge in [-0.2, -0.15) is 4.52 Å². The van der Waals surface area contributed by atoms with Crippen LogP contribution in [0.4, 0.5) is 5.82 Å². The molecule has 1 aliphatic rings. The third kappa shape index (κ3) is 3.08. The Bertz CT molecular complexity index is 1290. The van der Waals surface area contributed by atoms with E-state index in [1.165, 1.54) is 17.4 Å². The SMILES string of the molecule is CCc1ccc(S(=O)(=O)c2nnn3c2nc(NC2CCCC2)c2sccc23)cc1. The molecular formula is C20H21N5O2S2. The lowest BCUT2D eigenvalue weighted by atomic mass is 10.2. The van der Waals surface area contributed by atoms with Crippen molar-refractivity contribution in [3.8, 4) is 0 Å². The minimum atomic E-state index is -3.82. The molecule has 0 spiro atoms. The smallest absolute Gasteiger partial charge is 0.229 e. The number of nitrogens with one attached hydrogen (secondary N) is 1. The Kier molecular flexibility index (Phi) is 4.51. The van der Waals surface area contributed by atoms with Gasteiger partial charge in [0.1, 0.15) is 5.82 Å². The van der Waals surface area contributed by atoms with Gasteiger partial charge in [-0.3, -0.25) is 0 Å². The highest BCUT2D eigenvalue weighted by atomic mass is 32.2. The van der Waals surface area contributed by atoms with Gasteiger partial charge in [-0.25, -0.2) is 13.4 Å². The van der Waals surface area contributed by atoms with E-state index in [-0.39, 0.29) is 15.6 Å². The van der Waals surface area contributed by atoms with Gasteiger partial charge in [0.05, 0.1) is 15.1 Å². The van der Waals surface area contributed by atoms with Crippen LogP contribution in [0.3, 0.4) is 0 Å². The minimum Gasteiger partial charge on any atom is -0.366 e. The predicted molar refractivity (Wildman–Crippen MR) is 113 cm³/mol. The molecule has 7 nitrogen and oxygen atoms in total. The quantitative estimate of drug-likeness (QED) is 0.516. The van der Waals surface area contributed by atoms with Crippen molar-refractivity contribution in [1.29, 1.82) is 0 Å². The summed E-state index contributed by atoms with van der Waals surface area (Å²) >= 11 is 1.57. The third-order valence-electron chi connectivity index (χ3n) is 5.51. The van der Waals surface area contributed by atoms with Gasteiger partial charge < -0.3 is 5.32 Å². The van der Waals surface area contributed by atoms with Crippen LogP contribution >= 0.6 is 11.3 Å². The van der Waals surface area contributed by atoms with Gasteiger partial charge in [-0.05, 0) is 48.4 Å². The zero-order valence-electron chi connectivity index (χ0n) is 16.0. The van der Waals surface area contributed by atoms with Crippen molar-refractivity contribution >= 4 is 42.9 Å². The number of hydrogen-bond acceptors (Lipinski definition) is 7. The summed E-state index contributed by atoms with van der Waals surface area (Å²) in [5.74, 6) is 0.717. The number of fused-ring (bicyclic) bond motifs is 3. The molecule has 0 saturated heterocycles. The number of sulfone groups is 1.